The molecule has 0 radical (unpaired) electrons. The van der Waals surface area contributed by atoms with E-state index in [4.69, 9.17) is 4.74 Å². The maximum Gasteiger partial charge on any atom is 0.124 e. The van der Waals surface area contributed by atoms with Gasteiger partial charge in [-0.25, -0.2) is 0 Å². The van der Waals surface area contributed by atoms with Crippen LogP contribution >= 0.6 is 11.3 Å². The summed E-state index contributed by atoms with van der Waals surface area (Å²) in [4.78, 5) is 1.25. The largest absolute Gasteiger partial charge is 0.488 e. The quantitative estimate of drug-likeness (QED) is 0.809. The maximum atomic E-state index is 5.95. The van der Waals surface area contributed by atoms with Crippen LogP contribution in [-0.2, 0) is 6.61 Å². The molecule has 0 bridgehead atoms. The van der Waals surface area contributed by atoms with Crippen molar-refractivity contribution in [2.24, 2.45) is 0 Å². The summed E-state index contributed by atoms with van der Waals surface area (Å²) in [5.41, 5.74) is 1.23. The van der Waals surface area contributed by atoms with Crippen LogP contribution in [0.5, 0.6) is 5.75 Å². The van der Waals surface area contributed by atoms with E-state index in [1.807, 2.05) is 12.1 Å². The van der Waals surface area contributed by atoms with E-state index in [1.165, 1.54) is 10.4 Å². The fraction of sp³-hybridized carbons (Fsp3) is 0.375. The second-order valence-electron chi connectivity index (χ2n) is 4.58. The third-order valence-electron chi connectivity index (χ3n) is 3.04. The minimum atomic E-state index is 0.319. The fourth-order valence-electron chi connectivity index (χ4n) is 1.98. The van der Waals surface area contributed by atoms with Gasteiger partial charge in [0.1, 0.15) is 12.4 Å². The first-order valence-electron chi connectivity index (χ1n) is 6.78. The molecule has 0 aliphatic rings. The van der Waals surface area contributed by atoms with Gasteiger partial charge >= 0.3 is 0 Å². The molecule has 1 unspecified atom stereocenters. The molecule has 1 aromatic heterocycles. The SMILES string of the molecule is CCCNC(C)c1ccccc1OCc1cccs1. The Hall–Kier alpha value is -1.32. The van der Waals surface area contributed by atoms with Gasteiger partial charge in [0.15, 0.2) is 0 Å². The van der Waals surface area contributed by atoms with Gasteiger partial charge in [0, 0.05) is 16.5 Å². The number of hydrogen-bond acceptors (Lipinski definition) is 3. The number of ether oxygens (including phenoxy) is 1. The zero-order chi connectivity index (χ0) is 13.5. The molecule has 1 heterocycles. The van der Waals surface area contributed by atoms with Gasteiger partial charge in [-0.1, -0.05) is 31.2 Å². The first-order chi connectivity index (χ1) is 9.31. The van der Waals surface area contributed by atoms with Crippen molar-refractivity contribution in [1.82, 2.24) is 5.32 Å². The van der Waals surface area contributed by atoms with Gasteiger partial charge in [-0.2, -0.15) is 0 Å². The van der Waals surface area contributed by atoms with Crippen molar-refractivity contribution in [3.63, 3.8) is 0 Å². The summed E-state index contributed by atoms with van der Waals surface area (Å²) < 4.78 is 5.95. The maximum absolute atomic E-state index is 5.95. The van der Waals surface area contributed by atoms with E-state index in [0.29, 0.717) is 12.6 Å². The molecule has 1 atom stereocenters. The number of nitrogens with one attached hydrogen (secondary N) is 1. The highest BCUT2D eigenvalue weighted by Gasteiger charge is 2.10. The highest BCUT2D eigenvalue weighted by atomic mass is 32.1. The molecule has 0 aliphatic carbocycles. The molecule has 2 rings (SSSR count). The van der Waals surface area contributed by atoms with Crippen LogP contribution < -0.4 is 10.1 Å². The van der Waals surface area contributed by atoms with E-state index in [2.05, 4.69) is 48.8 Å². The number of thiophene rings is 1. The molecule has 2 aromatic rings. The molecule has 1 aromatic carbocycles. The topological polar surface area (TPSA) is 21.3 Å². The predicted octanol–water partition coefficient (Wildman–Crippen LogP) is 4.39. The molecular formula is C16H21NOS. The van der Waals surface area contributed by atoms with Crippen LogP contribution in [0, 0.1) is 0 Å². The number of hydrogen-bond donors (Lipinski definition) is 1. The Kier molecular flexibility index (Phi) is 5.43. The molecule has 2 nitrogen and oxygen atoms in total. The Labute approximate surface area is 119 Å². The van der Waals surface area contributed by atoms with E-state index in [-0.39, 0.29) is 0 Å². The smallest absolute Gasteiger partial charge is 0.124 e. The van der Waals surface area contributed by atoms with Crippen LogP contribution in [0.4, 0.5) is 0 Å². The lowest BCUT2D eigenvalue weighted by Gasteiger charge is -2.17. The molecular weight excluding hydrogens is 254 g/mol. The minimum absolute atomic E-state index is 0.319. The summed E-state index contributed by atoms with van der Waals surface area (Å²) in [6.45, 7) is 6.04. The molecule has 0 aliphatic heterocycles. The molecule has 0 spiro atoms. The first-order valence-corrected chi connectivity index (χ1v) is 7.66. The van der Waals surface area contributed by atoms with Crippen molar-refractivity contribution in [2.45, 2.75) is 32.9 Å². The van der Waals surface area contributed by atoms with E-state index < -0.39 is 0 Å². The van der Waals surface area contributed by atoms with E-state index in [1.54, 1.807) is 11.3 Å². The van der Waals surface area contributed by atoms with Crippen molar-refractivity contribution >= 4 is 11.3 Å². The summed E-state index contributed by atoms with van der Waals surface area (Å²) in [7, 11) is 0. The standard InChI is InChI=1S/C16H21NOS/c1-3-10-17-13(2)15-8-4-5-9-16(15)18-12-14-7-6-11-19-14/h4-9,11,13,17H,3,10,12H2,1-2H3. The Balaban J connectivity index is 2.03. The van der Waals surface area contributed by atoms with Crippen LogP contribution in [0.25, 0.3) is 0 Å². The van der Waals surface area contributed by atoms with Crippen molar-refractivity contribution in [2.75, 3.05) is 6.54 Å². The summed E-state index contributed by atoms with van der Waals surface area (Å²) in [6.07, 6.45) is 1.14. The second kappa shape index (κ2) is 7.31. The molecule has 0 saturated carbocycles. The zero-order valence-electron chi connectivity index (χ0n) is 11.6. The van der Waals surface area contributed by atoms with Gasteiger partial charge in [-0.15, -0.1) is 11.3 Å². The van der Waals surface area contributed by atoms with E-state index >= 15 is 0 Å². The van der Waals surface area contributed by atoms with E-state index in [0.717, 1.165) is 18.7 Å². The van der Waals surface area contributed by atoms with Crippen molar-refractivity contribution in [1.29, 1.82) is 0 Å². The Morgan fingerprint density at radius 2 is 2.05 bits per heavy atom. The molecule has 102 valence electrons. The molecule has 1 N–H and O–H groups in total. The van der Waals surface area contributed by atoms with Gasteiger partial charge in [0.05, 0.1) is 0 Å². The Morgan fingerprint density at radius 1 is 1.21 bits per heavy atom. The second-order valence-corrected chi connectivity index (χ2v) is 5.61. The van der Waals surface area contributed by atoms with E-state index in [9.17, 15) is 0 Å². The Bertz CT molecular complexity index is 481. The van der Waals surface area contributed by atoms with Gasteiger partial charge < -0.3 is 10.1 Å². The van der Waals surface area contributed by atoms with Gasteiger partial charge in [-0.3, -0.25) is 0 Å². The minimum Gasteiger partial charge on any atom is -0.488 e. The van der Waals surface area contributed by atoms with Crippen LogP contribution in [-0.4, -0.2) is 6.54 Å². The molecule has 0 saturated heterocycles. The average Bonchev–Trinajstić information content (AvgIpc) is 2.96. The summed E-state index contributed by atoms with van der Waals surface area (Å²) in [5, 5.41) is 5.58. The molecule has 19 heavy (non-hydrogen) atoms. The number of para-hydroxylation sites is 1. The fourth-order valence-corrected chi connectivity index (χ4v) is 2.60. The number of rotatable bonds is 7. The van der Waals surface area contributed by atoms with Crippen molar-refractivity contribution < 1.29 is 4.74 Å². The third kappa shape index (κ3) is 4.08. The van der Waals surface area contributed by atoms with Gasteiger partial charge in [0.25, 0.3) is 0 Å². The zero-order valence-corrected chi connectivity index (χ0v) is 12.4. The van der Waals surface area contributed by atoms with Gasteiger partial charge in [0.2, 0.25) is 0 Å². The summed E-state index contributed by atoms with van der Waals surface area (Å²) in [5.74, 6) is 0.979. The highest BCUT2D eigenvalue weighted by molar-refractivity contribution is 7.09. The predicted molar refractivity (Wildman–Crippen MR) is 81.8 cm³/mol. The monoisotopic (exact) mass is 275 g/mol. The summed E-state index contributed by atoms with van der Waals surface area (Å²) in [6, 6.07) is 12.8. The lowest BCUT2D eigenvalue weighted by Crippen LogP contribution is -2.19. The van der Waals surface area contributed by atoms with Crippen molar-refractivity contribution in [3.8, 4) is 5.75 Å². The Morgan fingerprint density at radius 3 is 2.79 bits per heavy atom. The van der Waals surface area contributed by atoms with Gasteiger partial charge in [-0.05, 0) is 37.4 Å². The lowest BCUT2D eigenvalue weighted by molar-refractivity contribution is 0.303. The number of benzene rings is 1. The average molecular weight is 275 g/mol. The molecule has 0 amide bonds. The van der Waals surface area contributed by atoms with Crippen LogP contribution in [0.3, 0.4) is 0 Å². The van der Waals surface area contributed by atoms with Crippen LogP contribution in [0.15, 0.2) is 41.8 Å². The van der Waals surface area contributed by atoms with Crippen LogP contribution in [0.1, 0.15) is 36.8 Å². The molecule has 0 fully saturated rings. The highest BCUT2D eigenvalue weighted by Crippen LogP contribution is 2.26. The first kappa shape index (κ1) is 14.1. The molecule has 3 heteroatoms. The normalized spacial score (nSPS) is 12.3. The summed E-state index contributed by atoms with van der Waals surface area (Å²) >= 11 is 1.73. The lowest BCUT2D eigenvalue weighted by atomic mass is 10.1. The third-order valence-corrected chi connectivity index (χ3v) is 3.89. The van der Waals surface area contributed by atoms with Crippen LogP contribution in [0.2, 0.25) is 0 Å². The van der Waals surface area contributed by atoms with Crippen molar-refractivity contribution in [3.05, 3.63) is 52.2 Å².